The average molecular weight is 808 g/mol. The van der Waals surface area contributed by atoms with E-state index in [2.05, 4.69) is 178 Å². The standard InChI is InChI=1S/C59H41N3O/c1-38-48(24-13-26-50(38)51-27-14-25-49(39(51)2)47-23-12-22-45(36-47)40-16-6-3-7-17-40)42-30-32-44(33-31-42)58-60-57(43-20-10-5-11-21-43)61-59(62-58)52-28-15-29-55-56(52)53-37-46(34-35-54(53)63-55)41-18-8-4-9-19-41/h3-37H,1-2H3. The third-order valence-electron chi connectivity index (χ3n) is 12.2. The van der Waals surface area contributed by atoms with E-state index in [9.17, 15) is 0 Å². The first-order chi connectivity index (χ1) is 31.1. The molecule has 63 heavy (non-hydrogen) atoms. The third kappa shape index (κ3) is 7.08. The Kier molecular flexibility index (Phi) is 9.59. The van der Waals surface area contributed by atoms with Gasteiger partial charge in [-0.05, 0) is 105 Å². The smallest absolute Gasteiger partial charge is 0.164 e. The predicted octanol–water partition coefficient (Wildman–Crippen LogP) is 15.7. The highest BCUT2D eigenvalue weighted by atomic mass is 16.3. The molecule has 0 atom stereocenters. The average Bonchev–Trinajstić information content (AvgIpc) is 3.73. The van der Waals surface area contributed by atoms with E-state index >= 15 is 0 Å². The molecule has 11 rings (SSSR count). The first-order valence-corrected chi connectivity index (χ1v) is 21.3. The molecule has 11 aromatic rings. The first kappa shape index (κ1) is 37.8. The third-order valence-corrected chi connectivity index (χ3v) is 12.2. The molecule has 0 unspecified atom stereocenters. The van der Waals surface area contributed by atoms with Crippen LogP contribution in [0.15, 0.2) is 217 Å². The molecule has 0 saturated carbocycles. The Morgan fingerprint density at radius 1 is 0.286 bits per heavy atom. The molecule has 0 bridgehead atoms. The maximum Gasteiger partial charge on any atom is 0.164 e. The molecule has 0 spiro atoms. The molecule has 0 amide bonds. The summed E-state index contributed by atoms with van der Waals surface area (Å²) < 4.78 is 6.42. The van der Waals surface area contributed by atoms with Gasteiger partial charge in [0.2, 0.25) is 0 Å². The second-order valence-electron chi connectivity index (χ2n) is 16.0. The molecule has 9 aromatic carbocycles. The monoisotopic (exact) mass is 807 g/mol. The Bertz CT molecular complexity index is 3450. The zero-order valence-electron chi connectivity index (χ0n) is 35.0. The molecular formula is C59H41N3O. The van der Waals surface area contributed by atoms with E-state index in [1.807, 2.05) is 48.5 Å². The molecular weight excluding hydrogens is 767 g/mol. The first-order valence-electron chi connectivity index (χ1n) is 21.3. The Labute approximate surface area is 366 Å². The lowest BCUT2D eigenvalue weighted by atomic mass is 9.87. The van der Waals surface area contributed by atoms with Gasteiger partial charge in [-0.2, -0.15) is 0 Å². The lowest BCUT2D eigenvalue weighted by molar-refractivity contribution is 0.669. The lowest BCUT2D eigenvalue weighted by Crippen LogP contribution is -2.00. The van der Waals surface area contributed by atoms with Gasteiger partial charge in [-0.3, -0.25) is 0 Å². The van der Waals surface area contributed by atoms with Crippen molar-refractivity contribution in [2.24, 2.45) is 0 Å². The summed E-state index contributed by atoms with van der Waals surface area (Å²) in [6.07, 6.45) is 0. The van der Waals surface area contributed by atoms with Crippen molar-refractivity contribution in [1.82, 2.24) is 15.0 Å². The minimum absolute atomic E-state index is 0.592. The maximum absolute atomic E-state index is 6.42. The normalized spacial score (nSPS) is 11.3. The summed E-state index contributed by atoms with van der Waals surface area (Å²) in [7, 11) is 0. The van der Waals surface area contributed by atoms with Gasteiger partial charge < -0.3 is 4.42 Å². The van der Waals surface area contributed by atoms with E-state index in [4.69, 9.17) is 19.4 Å². The largest absolute Gasteiger partial charge is 0.456 e. The van der Waals surface area contributed by atoms with Crippen molar-refractivity contribution in [3.8, 4) is 89.8 Å². The van der Waals surface area contributed by atoms with E-state index < -0.39 is 0 Å². The zero-order valence-corrected chi connectivity index (χ0v) is 35.0. The summed E-state index contributed by atoms with van der Waals surface area (Å²) in [4.78, 5) is 15.4. The minimum atomic E-state index is 0.592. The van der Waals surface area contributed by atoms with Crippen molar-refractivity contribution < 1.29 is 4.42 Å². The van der Waals surface area contributed by atoms with Gasteiger partial charge in [-0.1, -0.05) is 188 Å². The lowest BCUT2D eigenvalue weighted by Gasteiger charge is -2.17. The van der Waals surface area contributed by atoms with Crippen LogP contribution in [0.5, 0.6) is 0 Å². The number of furan rings is 1. The number of rotatable bonds is 8. The Morgan fingerprint density at radius 3 is 1.35 bits per heavy atom. The van der Waals surface area contributed by atoms with Gasteiger partial charge in [-0.25, -0.2) is 15.0 Å². The molecule has 4 heteroatoms. The molecule has 0 radical (unpaired) electrons. The molecule has 0 aliphatic heterocycles. The molecule has 0 N–H and O–H groups in total. The van der Waals surface area contributed by atoms with Crippen LogP contribution in [0.25, 0.3) is 112 Å². The van der Waals surface area contributed by atoms with Crippen LogP contribution in [0.1, 0.15) is 11.1 Å². The van der Waals surface area contributed by atoms with E-state index in [1.165, 1.54) is 50.1 Å². The summed E-state index contributed by atoms with van der Waals surface area (Å²) in [6.45, 7) is 4.47. The topological polar surface area (TPSA) is 51.8 Å². The van der Waals surface area contributed by atoms with E-state index in [1.54, 1.807) is 0 Å². The van der Waals surface area contributed by atoms with Crippen LogP contribution in [0.3, 0.4) is 0 Å². The fourth-order valence-electron chi connectivity index (χ4n) is 8.94. The molecule has 2 heterocycles. The summed E-state index contributed by atoms with van der Waals surface area (Å²) in [5.74, 6) is 1.81. The van der Waals surface area contributed by atoms with Crippen LogP contribution in [-0.2, 0) is 0 Å². The van der Waals surface area contributed by atoms with Gasteiger partial charge in [-0.15, -0.1) is 0 Å². The highest BCUT2D eigenvalue weighted by Crippen LogP contribution is 2.40. The van der Waals surface area contributed by atoms with E-state index in [-0.39, 0.29) is 0 Å². The Morgan fingerprint density at radius 2 is 0.714 bits per heavy atom. The fourth-order valence-corrected chi connectivity index (χ4v) is 8.94. The van der Waals surface area contributed by atoms with Gasteiger partial charge in [0.25, 0.3) is 0 Å². The van der Waals surface area contributed by atoms with Crippen LogP contribution in [-0.4, -0.2) is 15.0 Å². The molecule has 0 aliphatic carbocycles. The van der Waals surface area contributed by atoms with Gasteiger partial charge in [0.05, 0.1) is 0 Å². The summed E-state index contributed by atoms with van der Waals surface area (Å²) >= 11 is 0. The Balaban J connectivity index is 0.970. The zero-order chi connectivity index (χ0) is 42.3. The van der Waals surface area contributed by atoms with Crippen molar-refractivity contribution >= 4 is 21.9 Å². The summed E-state index contributed by atoms with van der Waals surface area (Å²) in [6, 6.07) is 74.3. The van der Waals surface area contributed by atoms with Gasteiger partial charge in [0.15, 0.2) is 17.5 Å². The van der Waals surface area contributed by atoms with Crippen LogP contribution in [0.4, 0.5) is 0 Å². The number of nitrogens with zero attached hydrogens (tertiary/aromatic N) is 3. The maximum atomic E-state index is 6.42. The van der Waals surface area contributed by atoms with Crippen molar-refractivity contribution in [3.05, 3.63) is 223 Å². The summed E-state index contributed by atoms with van der Waals surface area (Å²) in [5, 5.41) is 2.00. The quantitative estimate of drug-likeness (QED) is 0.153. The summed E-state index contributed by atoms with van der Waals surface area (Å²) in [5.41, 5.74) is 18.7. The van der Waals surface area contributed by atoms with Crippen LogP contribution in [0, 0.1) is 13.8 Å². The van der Waals surface area contributed by atoms with Gasteiger partial charge >= 0.3 is 0 Å². The molecule has 0 fully saturated rings. The molecule has 2 aromatic heterocycles. The van der Waals surface area contributed by atoms with Crippen LogP contribution < -0.4 is 0 Å². The number of fused-ring (bicyclic) bond motifs is 3. The Hall–Kier alpha value is -8.21. The van der Waals surface area contributed by atoms with Crippen molar-refractivity contribution in [1.29, 1.82) is 0 Å². The van der Waals surface area contributed by atoms with Crippen molar-refractivity contribution in [2.75, 3.05) is 0 Å². The molecule has 4 nitrogen and oxygen atoms in total. The molecule has 298 valence electrons. The van der Waals surface area contributed by atoms with E-state index in [0.717, 1.165) is 55.3 Å². The van der Waals surface area contributed by atoms with Gasteiger partial charge in [0, 0.05) is 27.5 Å². The second-order valence-corrected chi connectivity index (χ2v) is 16.0. The highest BCUT2D eigenvalue weighted by Gasteiger charge is 2.19. The number of hydrogen-bond donors (Lipinski definition) is 0. The van der Waals surface area contributed by atoms with Crippen LogP contribution >= 0.6 is 0 Å². The van der Waals surface area contributed by atoms with Crippen molar-refractivity contribution in [3.63, 3.8) is 0 Å². The predicted molar refractivity (Wildman–Crippen MR) is 260 cm³/mol. The number of benzene rings is 9. The molecule has 0 aliphatic rings. The molecule has 0 saturated heterocycles. The fraction of sp³-hybridized carbons (Fsp3) is 0.0339. The minimum Gasteiger partial charge on any atom is -0.456 e. The van der Waals surface area contributed by atoms with Crippen LogP contribution in [0.2, 0.25) is 0 Å². The SMILES string of the molecule is Cc1c(-c2ccc(-c3nc(-c4ccccc4)nc(-c4cccc5oc6ccc(-c7ccccc7)cc6c45)n3)cc2)cccc1-c1cccc(-c2cccc(-c3ccccc3)c2)c1C. The second kappa shape index (κ2) is 16.0. The number of aromatic nitrogens is 3. The van der Waals surface area contributed by atoms with Gasteiger partial charge in [0.1, 0.15) is 11.2 Å². The van der Waals surface area contributed by atoms with E-state index in [0.29, 0.717) is 17.5 Å². The number of hydrogen-bond acceptors (Lipinski definition) is 4. The van der Waals surface area contributed by atoms with Crippen molar-refractivity contribution in [2.45, 2.75) is 13.8 Å². The highest BCUT2D eigenvalue weighted by molar-refractivity contribution is 6.12.